The second-order valence-corrected chi connectivity index (χ2v) is 6.55. The minimum Gasteiger partial charge on any atom is -0.463 e. The van der Waals surface area contributed by atoms with Gasteiger partial charge in [-0.15, -0.1) is 0 Å². The van der Waals surface area contributed by atoms with Crippen molar-refractivity contribution in [3.63, 3.8) is 0 Å². The molecular formula is C18H28N2O9. The molecule has 29 heavy (non-hydrogen) atoms. The maximum atomic E-state index is 11.7. The average molecular weight is 416 g/mol. The molecule has 1 aliphatic heterocycles. The maximum absolute atomic E-state index is 11.7. The summed E-state index contributed by atoms with van der Waals surface area (Å²) in [7, 11) is 0. The molecule has 5 unspecified atom stereocenters. The third-order valence-corrected chi connectivity index (χ3v) is 4.04. The van der Waals surface area contributed by atoms with Crippen LogP contribution in [0, 0.1) is 0 Å². The fraction of sp³-hybridized carbons (Fsp3) is 0.722. The van der Waals surface area contributed by atoms with Gasteiger partial charge in [0.05, 0.1) is 12.1 Å². The lowest BCUT2D eigenvalue weighted by Gasteiger charge is -2.45. The van der Waals surface area contributed by atoms with E-state index >= 15 is 0 Å². The molecule has 1 fully saturated rings. The summed E-state index contributed by atoms with van der Waals surface area (Å²) in [4.78, 5) is 58.0. The van der Waals surface area contributed by atoms with Crippen LogP contribution in [-0.2, 0) is 42.9 Å². The number of hydrogen-bond acceptors (Lipinski definition) is 9. The zero-order valence-corrected chi connectivity index (χ0v) is 17.2. The molecule has 0 spiro atoms. The molecule has 5 atom stereocenters. The van der Waals surface area contributed by atoms with Gasteiger partial charge in [0.2, 0.25) is 11.8 Å². The van der Waals surface area contributed by atoms with Crippen molar-refractivity contribution in [1.29, 1.82) is 0 Å². The molecule has 0 aromatic carbocycles. The Morgan fingerprint density at radius 1 is 0.862 bits per heavy atom. The molecule has 164 valence electrons. The summed E-state index contributed by atoms with van der Waals surface area (Å²) in [6.07, 6.45) is -3.87. The van der Waals surface area contributed by atoms with Gasteiger partial charge in [-0.2, -0.15) is 0 Å². The summed E-state index contributed by atoms with van der Waals surface area (Å²) < 4.78 is 21.5. The van der Waals surface area contributed by atoms with Gasteiger partial charge in [0.15, 0.2) is 12.2 Å². The van der Waals surface area contributed by atoms with E-state index in [0.717, 1.165) is 6.92 Å². The van der Waals surface area contributed by atoms with Gasteiger partial charge < -0.3 is 29.6 Å². The predicted octanol–water partition coefficient (Wildman–Crippen LogP) is -0.789. The summed E-state index contributed by atoms with van der Waals surface area (Å²) >= 11 is 0. The second kappa shape index (κ2) is 11.3. The summed E-state index contributed by atoms with van der Waals surface area (Å²) in [5.74, 6) is -2.63. The minimum atomic E-state index is -1.15. The molecule has 0 aliphatic carbocycles. The monoisotopic (exact) mass is 416 g/mol. The summed E-state index contributed by atoms with van der Waals surface area (Å²) in [6, 6.07) is -0.925. The quantitative estimate of drug-likeness (QED) is 0.384. The number of hydrogen-bond donors (Lipinski definition) is 2. The van der Waals surface area contributed by atoms with Crippen molar-refractivity contribution < 1.29 is 42.9 Å². The third-order valence-electron chi connectivity index (χ3n) is 4.04. The Balaban J connectivity index is 3.26. The highest BCUT2D eigenvalue weighted by Gasteiger charge is 2.50. The topological polar surface area (TPSA) is 146 Å². The number of carbonyl (C=O) groups is 5. The van der Waals surface area contributed by atoms with E-state index in [1.54, 1.807) is 6.92 Å². The van der Waals surface area contributed by atoms with Gasteiger partial charge in [0, 0.05) is 40.7 Å². The molecule has 0 saturated carbocycles. The Morgan fingerprint density at radius 2 is 1.45 bits per heavy atom. The van der Waals surface area contributed by atoms with Crippen molar-refractivity contribution in [2.75, 3.05) is 13.2 Å². The normalized spacial score (nSPS) is 26.0. The maximum Gasteiger partial charge on any atom is 0.303 e. The zero-order valence-electron chi connectivity index (χ0n) is 17.2. The van der Waals surface area contributed by atoms with Gasteiger partial charge in [-0.25, -0.2) is 0 Å². The van der Waals surface area contributed by atoms with Gasteiger partial charge in [0.25, 0.3) is 0 Å². The molecule has 0 aromatic rings. The molecule has 1 saturated heterocycles. The van der Waals surface area contributed by atoms with Crippen LogP contribution in [0.4, 0.5) is 0 Å². The summed E-state index contributed by atoms with van der Waals surface area (Å²) in [5.41, 5.74) is 0. The van der Waals surface area contributed by atoms with Crippen LogP contribution in [0.2, 0.25) is 0 Å². The van der Waals surface area contributed by atoms with Gasteiger partial charge in [-0.05, 0) is 0 Å². The Bertz CT molecular complexity index is 637. The molecule has 2 amide bonds. The van der Waals surface area contributed by atoms with Crippen LogP contribution in [0.15, 0.2) is 0 Å². The third kappa shape index (κ3) is 8.06. The molecule has 0 aromatic heterocycles. The summed E-state index contributed by atoms with van der Waals surface area (Å²) in [5, 5.41) is 5.28. The molecule has 2 N–H and O–H groups in total. The zero-order chi connectivity index (χ0) is 22.1. The smallest absolute Gasteiger partial charge is 0.303 e. The van der Waals surface area contributed by atoms with Crippen LogP contribution in [0.5, 0.6) is 0 Å². The molecular weight excluding hydrogens is 388 g/mol. The fourth-order valence-corrected chi connectivity index (χ4v) is 2.94. The number of esters is 3. The van der Waals surface area contributed by atoms with E-state index in [2.05, 4.69) is 10.6 Å². The Morgan fingerprint density at radius 3 is 1.93 bits per heavy atom. The van der Waals surface area contributed by atoms with E-state index in [-0.39, 0.29) is 25.5 Å². The highest BCUT2D eigenvalue weighted by atomic mass is 16.6. The fourth-order valence-electron chi connectivity index (χ4n) is 2.94. The van der Waals surface area contributed by atoms with Crippen LogP contribution in [-0.4, -0.2) is 73.3 Å². The lowest BCUT2D eigenvalue weighted by Crippen LogP contribution is -2.67. The Hall–Kier alpha value is -2.69. The highest BCUT2D eigenvalue weighted by Crippen LogP contribution is 2.27. The van der Waals surface area contributed by atoms with E-state index < -0.39 is 54.3 Å². The van der Waals surface area contributed by atoms with Crippen molar-refractivity contribution in [2.24, 2.45) is 0 Å². The van der Waals surface area contributed by atoms with Crippen molar-refractivity contribution in [1.82, 2.24) is 10.6 Å². The van der Waals surface area contributed by atoms with Crippen molar-refractivity contribution in [3.05, 3.63) is 0 Å². The number of carbonyl (C=O) groups excluding carboxylic acids is 5. The van der Waals surface area contributed by atoms with E-state index in [0.29, 0.717) is 0 Å². The predicted molar refractivity (Wildman–Crippen MR) is 97.3 cm³/mol. The minimum absolute atomic E-state index is 0.0151. The summed E-state index contributed by atoms with van der Waals surface area (Å²) in [6.45, 7) is 6.17. The lowest BCUT2D eigenvalue weighted by atomic mass is 9.91. The molecule has 0 bridgehead atoms. The van der Waals surface area contributed by atoms with Crippen LogP contribution in [0.3, 0.4) is 0 Å². The van der Waals surface area contributed by atoms with Crippen molar-refractivity contribution >= 4 is 29.7 Å². The molecule has 1 heterocycles. The van der Waals surface area contributed by atoms with E-state index in [1.807, 2.05) is 0 Å². The van der Waals surface area contributed by atoms with Crippen LogP contribution in [0.1, 0.15) is 41.0 Å². The van der Waals surface area contributed by atoms with E-state index in [1.165, 1.54) is 20.8 Å². The molecule has 1 rings (SSSR count). The first-order valence-corrected chi connectivity index (χ1v) is 9.22. The number of nitrogens with one attached hydrogen (secondary N) is 2. The van der Waals surface area contributed by atoms with Crippen LogP contribution < -0.4 is 10.6 Å². The van der Waals surface area contributed by atoms with Crippen molar-refractivity contribution in [2.45, 2.75) is 71.5 Å². The standard InChI is InChI=1S/C18H28N2O9/c1-6-15(25)19-7-13-16(20-9(2)21)18(28-12(5)24)17(27-11(4)23)14(29-13)8-26-10(3)22/h13-14,16-18H,6-8H2,1-5H3,(H,19,25)(H,20,21). The number of amides is 2. The first-order chi connectivity index (χ1) is 13.5. The first kappa shape index (κ1) is 24.3. The van der Waals surface area contributed by atoms with Crippen molar-refractivity contribution in [3.8, 4) is 0 Å². The second-order valence-electron chi connectivity index (χ2n) is 6.55. The van der Waals surface area contributed by atoms with Gasteiger partial charge in [-0.3, -0.25) is 24.0 Å². The van der Waals surface area contributed by atoms with E-state index in [9.17, 15) is 24.0 Å². The van der Waals surface area contributed by atoms with Crippen LogP contribution >= 0.6 is 0 Å². The van der Waals surface area contributed by atoms with Crippen LogP contribution in [0.25, 0.3) is 0 Å². The van der Waals surface area contributed by atoms with Gasteiger partial charge in [-0.1, -0.05) is 6.92 Å². The number of ether oxygens (including phenoxy) is 4. The largest absolute Gasteiger partial charge is 0.463 e. The Labute approximate surface area is 168 Å². The number of rotatable bonds is 8. The van der Waals surface area contributed by atoms with Gasteiger partial charge in [0.1, 0.15) is 12.7 Å². The average Bonchev–Trinajstić information content (AvgIpc) is 2.60. The highest BCUT2D eigenvalue weighted by molar-refractivity contribution is 5.76. The molecule has 11 heteroatoms. The molecule has 11 nitrogen and oxygen atoms in total. The first-order valence-electron chi connectivity index (χ1n) is 9.22. The molecule has 1 aliphatic rings. The lowest BCUT2D eigenvalue weighted by molar-refractivity contribution is -0.222. The van der Waals surface area contributed by atoms with Gasteiger partial charge >= 0.3 is 17.9 Å². The Kier molecular flexibility index (Phi) is 9.53. The SMILES string of the molecule is CCC(=O)NCC1OC(COC(C)=O)C(OC(C)=O)C(OC(C)=O)C1NC(C)=O. The molecule has 0 radical (unpaired) electrons. The van der Waals surface area contributed by atoms with E-state index in [4.69, 9.17) is 18.9 Å².